The minimum Gasteiger partial charge on any atom is -0.451 e. The smallest absolute Gasteiger partial charge is 0.387 e. The van der Waals surface area contributed by atoms with Gasteiger partial charge in [-0.1, -0.05) is 42.1 Å². The van der Waals surface area contributed by atoms with E-state index < -0.39 is 25.1 Å². The van der Waals surface area contributed by atoms with Gasteiger partial charge in [-0.05, 0) is 42.5 Å². The number of amides is 1. The summed E-state index contributed by atoms with van der Waals surface area (Å²) in [4.78, 5) is 28.8. The summed E-state index contributed by atoms with van der Waals surface area (Å²) in [5.74, 6) is -1.04. The Morgan fingerprint density at radius 1 is 1.12 bits per heavy atom. The Labute approximate surface area is 187 Å². The molecule has 0 saturated carbocycles. The van der Waals surface area contributed by atoms with Crippen LogP contribution in [0.4, 0.5) is 8.78 Å². The molecule has 3 rings (SSSR count). The molecule has 10 heteroatoms. The number of rotatable bonds is 10. The van der Waals surface area contributed by atoms with Crippen LogP contribution in [-0.4, -0.2) is 47.4 Å². The van der Waals surface area contributed by atoms with Crippen molar-refractivity contribution in [2.75, 3.05) is 19.4 Å². The number of alkyl halides is 2. The molecule has 0 bridgehead atoms. The highest BCUT2D eigenvalue weighted by Crippen LogP contribution is 2.22. The maximum absolute atomic E-state index is 12.5. The molecule has 0 radical (unpaired) electrons. The molecule has 0 aliphatic carbocycles. The summed E-state index contributed by atoms with van der Waals surface area (Å²) in [6.45, 7) is -3.01. The Bertz CT molecular complexity index is 1040. The minimum absolute atomic E-state index is 0.0686. The Morgan fingerprint density at radius 3 is 2.50 bits per heavy atom. The van der Waals surface area contributed by atoms with Gasteiger partial charge in [-0.3, -0.25) is 9.36 Å². The quantitative estimate of drug-likeness (QED) is 0.366. The molecule has 0 saturated heterocycles. The first-order valence-corrected chi connectivity index (χ1v) is 10.8. The molecule has 0 unspecified atom stereocenters. The number of esters is 1. The van der Waals surface area contributed by atoms with E-state index in [0.29, 0.717) is 18.1 Å². The number of hydrogen-bond acceptors (Lipinski definition) is 6. The zero-order valence-corrected chi connectivity index (χ0v) is 18.0. The lowest BCUT2D eigenvalue weighted by Gasteiger charge is -2.11. The van der Waals surface area contributed by atoms with Gasteiger partial charge in [0.1, 0.15) is 5.75 Å². The summed E-state index contributed by atoms with van der Waals surface area (Å²) >= 11 is 1.39. The van der Waals surface area contributed by atoms with Crippen LogP contribution in [0.15, 0.2) is 66.0 Å². The Hall–Kier alpha value is -3.40. The molecule has 1 amide bonds. The van der Waals surface area contributed by atoms with Crippen LogP contribution in [0.3, 0.4) is 0 Å². The van der Waals surface area contributed by atoms with Gasteiger partial charge in [-0.2, -0.15) is 8.78 Å². The van der Waals surface area contributed by atoms with Crippen molar-refractivity contribution >= 4 is 23.6 Å². The predicted octanol–water partition coefficient (Wildman–Crippen LogP) is 3.71. The van der Waals surface area contributed by atoms with Gasteiger partial charge in [0.25, 0.3) is 5.91 Å². The fourth-order valence-electron chi connectivity index (χ4n) is 2.89. The summed E-state index contributed by atoms with van der Waals surface area (Å²) in [5.41, 5.74) is 1.82. The zero-order valence-electron chi connectivity index (χ0n) is 17.2. The second-order valence-electron chi connectivity index (χ2n) is 6.50. The van der Waals surface area contributed by atoms with Crippen LogP contribution in [0.2, 0.25) is 0 Å². The number of carbonyl (C=O) groups excluding carboxylic acids is 2. The van der Waals surface area contributed by atoms with E-state index in [1.54, 1.807) is 16.7 Å². The van der Waals surface area contributed by atoms with Gasteiger partial charge in [0.2, 0.25) is 0 Å². The lowest BCUT2D eigenvalue weighted by Crippen LogP contribution is -2.30. The molecule has 2 aromatic carbocycles. The molecule has 1 heterocycles. The Kier molecular flexibility index (Phi) is 8.20. The molecule has 168 valence electrons. The average molecular weight is 461 g/mol. The summed E-state index contributed by atoms with van der Waals surface area (Å²) in [7, 11) is 0. The number of hydrogen-bond donors (Lipinski definition) is 1. The van der Waals surface area contributed by atoms with Crippen molar-refractivity contribution in [2.24, 2.45) is 0 Å². The standard InChI is InChI=1S/C22H21F2N3O4S/c1-32-22-26-13-18(27(22)16-5-3-2-4-6-16)20(29)30-14-19(28)25-12-11-15-7-9-17(10-8-15)31-21(23)24/h2-10,13,21H,11-12,14H2,1H3,(H,25,28). The number of ether oxygens (including phenoxy) is 2. The van der Waals surface area contributed by atoms with Crippen LogP contribution < -0.4 is 10.1 Å². The van der Waals surface area contributed by atoms with Crippen molar-refractivity contribution < 1.29 is 27.8 Å². The second-order valence-corrected chi connectivity index (χ2v) is 7.27. The summed E-state index contributed by atoms with van der Waals surface area (Å²) in [5, 5.41) is 3.28. The molecule has 0 fully saturated rings. The average Bonchev–Trinajstić information content (AvgIpc) is 3.23. The van der Waals surface area contributed by atoms with E-state index in [4.69, 9.17) is 4.74 Å². The first-order chi connectivity index (χ1) is 15.5. The molecule has 7 nitrogen and oxygen atoms in total. The number of thioether (sulfide) groups is 1. The Morgan fingerprint density at radius 2 is 1.84 bits per heavy atom. The van der Waals surface area contributed by atoms with Crippen LogP contribution in [0.1, 0.15) is 16.1 Å². The van der Waals surface area contributed by atoms with Gasteiger partial charge in [-0.25, -0.2) is 9.78 Å². The van der Waals surface area contributed by atoms with E-state index in [0.717, 1.165) is 11.3 Å². The molecule has 32 heavy (non-hydrogen) atoms. The lowest BCUT2D eigenvalue weighted by atomic mass is 10.1. The molecule has 1 N–H and O–H groups in total. The van der Waals surface area contributed by atoms with Crippen molar-refractivity contribution in [2.45, 2.75) is 18.2 Å². The van der Waals surface area contributed by atoms with Crippen molar-refractivity contribution in [3.05, 3.63) is 72.1 Å². The van der Waals surface area contributed by atoms with E-state index in [-0.39, 0.29) is 11.4 Å². The summed E-state index contributed by atoms with van der Waals surface area (Å²) in [6, 6.07) is 15.4. The number of nitrogens with zero attached hydrogens (tertiary/aromatic N) is 2. The number of aromatic nitrogens is 2. The lowest BCUT2D eigenvalue weighted by molar-refractivity contribution is -0.124. The molecule has 1 aromatic heterocycles. The maximum Gasteiger partial charge on any atom is 0.387 e. The monoisotopic (exact) mass is 461 g/mol. The fraction of sp³-hybridized carbons (Fsp3) is 0.227. The van der Waals surface area contributed by atoms with E-state index in [1.807, 2.05) is 36.6 Å². The van der Waals surface area contributed by atoms with Crippen molar-refractivity contribution in [1.82, 2.24) is 14.9 Å². The summed E-state index contributed by atoms with van der Waals surface area (Å²) in [6.07, 6.45) is 3.75. The van der Waals surface area contributed by atoms with Gasteiger partial charge in [0.15, 0.2) is 17.5 Å². The molecule has 0 spiro atoms. The molecule has 0 aliphatic rings. The zero-order chi connectivity index (χ0) is 22.9. The number of imidazole rings is 1. The molecular formula is C22H21F2N3O4S. The minimum atomic E-state index is -2.87. The number of halogens is 2. The third-order valence-corrected chi connectivity index (χ3v) is 5.01. The van der Waals surface area contributed by atoms with E-state index in [2.05, 4.69) is 15.0 Å². The number of nitrogens with one attached hydrogen (secondary N) is 1. The largest absolute Gasteiger partial charge is 0.451 e. The van der Waals surface area contributed by atoms with Crippen molar-refractivity contribution in [1.29, 1.82) is 0 Å². The first kappa shape index (κ1) is 23.3. The van der Waals surface area contributed by atoms with Crippen LogP contribution in [-0.2, 0) is 16.0 Å². The third kappa shape index (κ3) is 6.30. The van der Waals surface area contributed by atoms with E-state index >= 15 is 0 Å². The topological polar surface area (TPSA) is 82.4 Å². The third-order valence-electron chi connectivity index (χ3n) is 4.35. The van der Waals surface area contributed by atoms with E-state index in [1.165, 1.54) is 30.1 Å². The number of carbonyl (C=O) groups is 2. The van der Waals surface area contributed by atoms with Crippen molar-refractivity contribution in [3.8, 4) is 11.4 Å². The second kappa shape index (κ2) is 11.3. The van der Waals surface area contributed by atoms with Crippen LogP contribution >= 0.6 is 11.8 Å². The summed E-state index contributed by atoms with van der Waals surface area (Å²) < 4.78 is 35.5. The molecule has 0 atom stereocenters. The SMILES string of the molecule is CSc1ncc(C(=O)OCC(=O)NCCc2ccc(OC(F)F)cc2)n1-c1ccccc1. The van der Waals surface area contributed by atoms with Crippen molar-refractivity contribution in [3.63, 3.8) is 0 Å². The normalized spacial score (nSPS) is 10.8. The van der Waals surface area contributed by atoms with Crippen LogP contribution in [0, 0.1) is 0 Å². The highest BCUT2D eigenvalue weighted by atomic mass is 32.2. The van der Waals surface area contributed by atoms with Gasteiger partial charge < -0.3 is 14.8 Å². The van der Waals surface area contributed by atoms with Gasteiger partial charge in [0.05, 0.1) is 6.20 Å². The highest BCUT2D eigenvalue weighted by molar-refractivity contribution is 7.98. The van der Waals surface area contributed by atoms with Crippen LogP contribution in [0.25, 0.3) is 5.69 Å². The molecule has 0 aliphatic heterocycles. The maximum atomic E-state index is 12.5. The Balaban J connectivity index is 1.49. The number of benzene rings is 2. The predicted molar refractivity (Wildman–Crippen MR) is 115 cm³/mol. The van der Waals surface area contributed by atoms with Crippen LogP contribution in [0.5, 0.6) is 5.75 Å². The van der Waals surface area contributed by atoms with Gasteiger partial charge in [0, 0.05) is 12.2 Å². The molecular weight excluding hydrogens is 440 g/mol. The van der Waals surface area contributed by atoms with E-state index in [9.17, 15) is 18.4 Å². The van der Waals surface area contributed by atoms with Gasteiger partial charge >= 0.3 is 12.6 Å². The van der Waals surface area contributed by atoms with Gasteiger partial charge in [-0.15, -0.1) is 0 Å². The molecule has 3 aromatic rings. The fourth-order valence-corrected chi connectivity index (χ4v) is 3.43. The number of para-hydroxylation sites is 1. The highest BCUT2D eigenvalue weighted by Gasteiger charge is 2.19. The first-order valence-electron chi connectivity index (χ1n) is 9.62.